The van der Waals surface area contributed by atoms with E-state index in [1.165, 1.54) is 24.3 Å². The highest BCUT2D eigenvalue weighted by molar-refractivity contribution is 6.03. The van der Waals surface area contributed by atoms with Crippen molar-refractivity contribution in [3.05, 3.63) is 47.8 Å². The Morgan fingerprint density at radius 3 is 2.83 bits per heavy atom. The minimum atomic E-state index is -1.13. The van der Waals surface area contributed by atoms with Gasteiger partial charge in [-0.15, -0.1) is 0 Å². The number of fused-ring (bicyclic) bond motifs is 1. The molecule has 0 fully saturated rings. The van der Waals surface area contributed by atoms with Crippen LogP contribution in [0, 0.1) is 11.8 Å². The van der Waals surface area contributed by atoms with Gasteiger partial charge in [0.2, 0.25) is 0 Å². The lowest BCUT2D eigenvalue weighted by atomic mass is 10.1. The van der Waals surface area contributed by atoms with Crippen molar-refractivity contribution in [1.82, 2.24) is 10.3 Å². The summed E-state index contributed by atoms with van der Waals surface area (Å²) in [5.41, 5.74) is 0.158. The first kappa shape index (κ1) is 21.1. The monoisotopic (exact) mass is 409 g/mol. The quantitative estimate of drug-likeness (QED) is 0.743. The average molecular weight is 409 g/mol. The van der Waals surface area contributed by atoms with Crippen LogP contribution in [0.15, 0.2) is 36.5 Å². The predicted octanol–water partition coefficient (Wildman–Crippen LogP) is 1.37. The first-order valence-corrected chi connectivity index (χ1v) is 9.29. The highest BCUT2D eigenvalue weighted by Gasteiger charge is 2.31. The Morgan fingerprint density at radius 2 is 2.13 bits per heavy atom. The number of carbonyl (C=O) groups is 2. The number of aliphatic hydroxyl groups is 1. The molecule has 0 spiro atoms. The summed E-state index contributed by atoms with van der Waals surface area (Å²) in [6.07, 6.45) is 1.46. The molecule has 3 rings (SSSR count). The number of ether oxygens (including phenoxy) is 2. The zero-order valence-corrected chi connectivity index (χ0v) is 17.2. The number of hydrogen-bond acceptors (Lipinski definition) is 6. The van der Waals surface area contributed by atoms with Crippen molar-refractivity contribution < 1.29 is 24.2 Å². The number of pyridine rings is 1. The molecular formula is C22H23N3O5. The van der Waals surface area contributed by atoms with Crippen LogP contribution in [0.25, 0.3) is 0 Å². The van der Waals surface area contributed by atoms with Crippen molar-refractivity contribution in [2.24, 2.45) is 0 Å². The van der Waals surface area contributed by atoms with E-state index < -0.39 is 17.6 Å². The molecule has 1 aromatic carbocycles. The van der Waals surface area contributed by atoms with Crippen molar-refractivity contribution in [1.29, 1.82) is 0 Å². The Hall–Kier alpha value is -3.57. The van der Waals surface area contributed by atoms with E-state index in [4.69, 9.17) is 9.47 Å². The number of nitrogens with zero attached hydrogens (tertiary/aromatic N) is 2. The Bertz CT molecular complexity index is 1030. The molecule has 2 heterocycles. The number of hydrogen-bond donors (Lipinski definition) is 2. The van der Waals surface area contributed by atoms with Gasteiger partial charge in [-0.05, 0) is 38.1 Å². The molecule has 0 saturated heterocycles. The van der Waals surface area contributed by atoms with Crippen molar-refractivity contribution in [3.63, 3.8) is 0 Å². The molecule has 1 aliphatic rings. The zero-order chi connectivity index (χ0) is 21.9. The lowest BCUT2D eigenvalue weighted by molar-refractivity contribution is -0.120. The highest BCUT2D eigenvalue weighted by atomic mass is 16.5. The van der Waals surface area contributed by atoms with Gasteiger partial charge in [0.25, 0.3) is 11.8 Å². The maximum Gasteiger partial charge on any atom is 0.270 e. The highest BCUT2D eigenvalue weighted by Crippen LogP contribution is 2.31. The summed E-state index contributed by atoms with van der Waals surface area (Å²) < 4.78 is 10.9. The number of benzene rings is 1. The van der Waals surface area contributed by atoms with Gasteiger partial charge in [-0.3, -0.25) is 14.6 Å². The van der Waals surface area contributed by atoms with Gasteiger partial charge in [0.05, 0.1) is 12.8 Å². The molecule has 8 nitrogen and oxygen atoms in total. The number of nitrogens with one attached hydrogen (secondary N) is 1. The van der Waals surface area contributed by atoms with E-state index in [0.717, 1.165) is 0 Å². The van der Waals surface area contributed by atoms with Crippen LogP contribution in [0.2, 0.25) is 0 Å². The number of carbonyl (C=O) groups excluding carboxylic acids is 2. The molecule has 0 unspecified atom stereocenters. The number of anilines is 1. The van der Waals surface area contributed by atoms with Crippen LogP contribution in [-0.4, -0.2) is 54.3 Å². The SMILES string of the molecule is COc1ccnc(C(=O)N[C@H]2COc3ccc(C#CC(C)(C)O)cc3N(C)C2=O)c1. The minimum absolute atomic E-state index is 0.0272. The molecule has 1 atom stereocenters. The van der Waals surface area contributed by atoms with Gasteiger partial charge in [-0.25, -0.2) is 0 Å². The Labute approximate surface area is 174 Å². The maximum atomic E-state index is 12.9. The third-order valence-corrected chi connectivity index (χ3v) is 4.37. The van der Waals surface area contributed by atoms with E-state index in [-0.39, 0.29) is 18.2 Å². The van der Waals surface area contributed by atoms with Gasteiger partial charge >= 0.3 is 0 Å². The van der Waals surface area contributed by atoms with Gasteiger partial charge in [0.15, 0.2) is 0 Å². The van der Waals surface area contributed by atoms with E-state index >= 15 is 0 Å². The molecule has 30 heavy (non-hydrogen) atoms. The van der Waals surface area contributed by atoms with Gasteiger partial charge in [0.1, 0.15) is 35.4 Å². The smallest absolute Gasteiger partial charge is 0.270 e. The van der Waals surface area contributed by atoms with Crippen LogP contribution in [0.5, 0.6) is 11.5 Å². The van der Waals surface area contributed by atoms with Gasteiger partial charge in [-0.2, -0.15) is 0 Å². The van der Waals surface area contributed by atoms with Crippen LogP contribution in [0.4, 0.5) is 5.69 Å². The summed E-state index contributed by atoms with van der Waals surface area (Å²) in [6, 6.07) is 7.38. The first-order valence-electron chi connectivity index (χ1n) is 9.29. The number of amides is 2. The van der Waals surface area contributed by atoms with Crippen LogP contribution in [0.1, 0.15) is 29.9 Å². The van der Waals surface area contributed by atoms with Gasteiger partial charge < -0.3 is 24.8 Å². The molecule has 0 bridgehead atoms. The summed E-state index contributed by atoms with van der Waals surface area (Å²) in [5, 5.41) is 12.5. The lowest BCUT2D eigenvalue weighted by Crippen LogP contribution is -2.49. The third-order valence-electron chi connectivity index (χ3n) is 4.37. The lowest BCUT2D eigenvalue weighted by Gasteiger charge is -2.20. The first-order chi connectivity index (χ1) is 14.2. The third kappa shape index (κ3) is 4.88. The second-order valence-electron chi connectivity index (χ2n) is 7.31. The summed E-state index contributed by atoms with van der Waals surface area (Å²) in [5.74, 6) is 5.76. The molecule has 1 aliphatic heterocycles. The Balaban J connectivity index is 1.80. The fraction of sp³-hybridized carbons (Fsp3) is 0.318. The van der Waals surface area contributed by atoms with E-state index in [9.17, 15) is 14.7 Å². The summed E-state index contributed by atoms with van der Waals surface area (Å²) >= 11 is 0. The molecule has 2 aromatic rings. The van der Waals surface area contributed by atoms with Crippen molar-refractivity contribution >= 4 is 17.5 Å². The zero-order valence-electron chi connectivity index (χ0n) is 17.2. The summed E-state index contributed by atoms with van der Waals surface area (Å²) in [6.45, 7) is 3.15. The predicted molar refractivity (Wildman–Crippen MR) is 111 cm³/mol. The largest absolute Gasteiger partial charge is 0.497 e. The summed E-state index contributed by atoms with van der Waals surface area (Å²) in [7, 11) is 3.10. The molecule has 2 amide bonds. The molecular weight excluding hydrogens is 386 g/mol. The number of likely N-dealkylation sites (N-methyl/N-ethyl adjacent to an activating group) is 1. The Kier molecular flexibility index (Phi) is 5.94. The molecule has 0 aliphatic carbocycles. The molecule has 1 aromatic heterocycles. The average Bonchev–Trinajstić information content (AvgIpc) is 2.84. The molecule has 8 heteroatoms. The second-order valence-corrected chi connectivity index (χ2v) is 7.31. The fourth-order valence-electron chi connectivity index (χ4n) is 2.80. The van der Waals surface area contributed by atoms with Crippen molar-refractivity contribution in [3.8, 4) is 23.3 Å². The van der Waals surface area contributed by atoms with E-state index in [1.54, 1.807) is 45.2 Å². The van der Waals surface area contributed by atoms with Crippen molar-refractivity contribution in [2.75, 3.05) is 25.7 Å². The molecule has 0 saturated carbocycles. The maximum absolute atomic E-state index is 12.9. The van der Waals surface area contributed by atoms with Crippen molar-refractivity contribution in [2.45, 2.75) is 25.5 Å². The molecule has 2 N–H and O–H groups in total. The van der Waals surface area contributed by atoms with Crippen LogP contribution < -0.4 is 19.7 Å². The van der Waals surface area contributed by atoms with E-state index in [0.29, 0.717) is 22.7 Å². The van der Waals surface area contributed by atoms with Crippen LogP contribution >= 0.6 is 0 Å². The van der Waals surface area contributed by atoms with E-state index in [2.05, 4.69) is 22.1 Å². The van der Waals surface area contributed by atoms with Gasteiger partial charge in [-0.1, -0.05) is 11.8 Å². The number of aromatic nitrogens is 1. The second kappa shape index (κ2) is 8.43. The molecule has 0 radical (unpaired) electrons. The minimum Gasteiger partial charge on any atom is -0.497 e. The summed E-state index contributed by atoms with van der Waals surface area (Å²) in [4.78, 5) is 30.9. The van der Waals surface area contributed by atoms with E-state index in [1.807, 2.05) is 0 Å². The van der Waals surface area contributed by atoms with Crippen LogP contribution in [0.3, 0.4) is 0 Å². The Morgan fingerprint density at radius 1 is 1.37 bits per heavy atom. The standard InChI is InChI=1S/C22H23N3O5/c1-22(2,28)9-7-14-5-6-19-18(11-14)25(3)21(27)17(13-30-19)24-20(26)16-12-15(29-4)8-10-23-16/h5-6,8,10-12,17,28H,13H2,1-4H3,(H,24,26)/t17-/m0/s1. The molecule has 156 valence electrons. The van der Waals surface area contributed by atoms with Crippen LogP contribution in [-0.2, 0) is 4.79 Å². The fourth-order valence-corrected chi connectivity index (χ4v) is 2.80. The number of methoxy groups -OCH3 is 1. The number of rotatable bonds is 3. The van der Waals surface area contributed by atoms with Gasteiger partial charge in [0, 0.05) is 24.9 Å². The topological polar surface area (TPSA) is 101 Å². The normalized spacial score (nSPS) is 15.8.